The molecule has 6 nitrogen and oxygen atoms in total. The first kappa shape index (κ1) is 71.8. The summed E-state index contributed by atoms with van der Waals surface area (Å²) in [4.78, 5) is 38.2. The van der Waals surface area contributed by atoms with Crippen molar-refractivity contribution in [3.63, 3.8) is 0 Å². The molecule has 432 valence electrons. The van der Waals surface area contributed by atoms with Crippen LogP contribution in [0.15, 0.2) is 122 Å². The van der Waals surface area contributed by atoms with Crippen LogP contribution in [0, 0.1) is 0 Å². The van der Waals surface area contributed by atoms with E-state index in [-0.39, 0.29) is 31.1 Å². The van der Waals surface area contributed by atoms with Gasteiger partial charge in [-0.05, 0) is 128 Å². The van der Waals surface area contributed by atoms with E-state index in [1.165, 1.54) is 89.9 Å². The van der Waals surface area contributed by atoms with Gasteiger partial charge in [0.25, 0.3) is 0 Å². The summed E-state index contributed by atoms with van der Waals surface area (Å²) in [6.45, 7) is 6.42. The highest BCUT2D eigenvalue weighted by Crippen LogP contribution is 2.15. The molecule has 0 aromatic rings. The van der Waals surface area contributed by atoms with Crippen LogP contribution in [-0.4, -0.2) is 37.2 Å². The molecular weight excluding hydrogens is 937 g/mol. The van der Waals surface area contributed by atoms with E-state index in [1.807, 2.05) is 0 Å². The van der Waals surface area contributed by atoms with Gasteiger partial charge < -0.3 is 14.2 Å². The Bertz CT molecular complexity index is 1590. The van der Waals surface area contributed by atoms with E-state index in [2.05, 4.69) is 142 Å². The van der Waals surface area contributed by atoms with E-state index in [1.54, 1.807) is 0 Å². The summed E-state index contributed by atoms with van der Waals surface area (Å²) in [6, 6.07) is 0. The smallest absolute Gasteiger partial charge is 0.306 e. The second-order valence-electron chi connectivity index (χ2n) is 20.6. The zero-order chi connectivity index (χ0) is 55.0. The van der Waals surface area contributed by atoms with Gasteiger partial charge in [0.05, 0.1) is 0 Å². The fourth-order valence-corrected chi connectivity index (χ4v) is 8.46. The molecule has 0 N–H and O–H groups in total. The van der Waals surface area contributed by atoms with E-state index in [0.717, 1.165) is 154 Å². The minimum absolute atomic E-state index is 0.0923. The quantitative estimate of drug-likeness (QED) is 0.0261. The van der Waals surface area contributed by atoms with Crippen LogP contribution >= 0.6 is 0 Å². The lowest BCUT2D eigenvalue weighted by molar-refractivity contribution is -0.167. The Morgan fingerprint density at radius 2 is 0.539 bits per heavy atom. The van der Waals surface area contributed by atoms with Crippen molar-refractivity contribution in [3.8, 4) is 0 Å². The molecule has 76 heavy (non-hydrogen) atoms. The van der Waals surface area contributed by atoms with Crippen molar-refractivity contribution in [1.82, 2.24) is 0 Å². The molecule has 1 unspecified atom stereocenters. The van der Waals surface area contributed by atoms with E-state index < -0.39 is 6.10 Å². The van der Waals surface area contributed by atoms with E-state index in [9.17, 15) is 14.4 Å². The Labute approximate surface area is 469 Å². The normalized spacial score (nSPS) is 12.9. The molecule has 0 heterocycles. The minimum Gasteiger partial charge on any atom is -0.462 e. The Hall–Kier alpha value is -4.19. The number of rotatable bonds is 56. The number of ether oxygens (including phenoxy) is 3. The van der Waals surface area contributed by atoms with Crippen molar-refractivity contribution in [2.45, 2.75) is 290 Å². The topological polar surface area (TPSA) is 78.9 Å². The van der Waals surface area contributed by atoms with Gasteiger partial charge in [0.2, 0.25) is 0 Å². The van der Waals surface area contributed by atoms with Gasteiger partial charge in [0.1, 0.15) is 13.2 Å². The van der Waals surface area contributed by atoms with Gasteiger partial charge in [-0.3, -0.25) is 14.4 Å². The van der Waals surface area contributed by atoms with Crippen LogP contribution in [0.4, 0.5) is 0 Å². The van der Waals surface area contributed by atoms with Crippen molar-refractivity contribution >= 4 is 17.9 Å². The van der Waals surface area contributed by atoms with E-state index in [4.69, 9.17) is 14.2 Å². The molecule has 0 amide bonds. The Morgan fingerprint density at radius 3 is 0.855 bits per heavy atom. The summed E-state index contributed by atoms with van der Waals surface area (Å²) in [5, 5.41) is 0. The molecule has 0 saturated heterocycles. The van der Waals surface area contributed by atoms with Gasteiger partial charge in [-0.15, -0.1) is 0 Å². The van der Waals surface area contributed by atoms with Crippen LogP contribution in [0.1, 0.15) is 284 Å². The molecule has 0 aliphatic rings. The predicted molar refractivity (Wildman–Crippen MR) is 330 cm³/mol. The Morgan fingerprint density at radius 1 is 0.276 bits per heavy atom. The highest BCUT2D eigenvalue weighted by atomic mass is 16.6. The standard InChI is InChI=1S/C70H116O6/c1-4-7-10-13-16-19-22-25-27-29-30-31-32-33-34-35-36-37-38-39-40-41-43-45-48-51-54-57-60-63-69(72)75-66-67(65-74-68(71)62-59-56-53-50-47-44-24-21-18-15-12-9-6-3)76-70(73)64-61-58-55-52-49-46-42-28-26-23-20-17-14-11-8-5-2/h7,10,12,15-16,19-21,23-25,27-28,30-31,33-34,36-37,42,67H,4-6,8-9,11,13-14,17-18,22,26,29,32,35,38-41,43-66H2,1-3H3/b10-7-,15-12-,19-16-,23-20-,24-21-,27-25-,31-30-,34-33-,37-36-,42-28-. The van der Waals surface area contributed by atoms with Gasteiger partial charge in [-0.1, -0.05) is 258 Å². The SMILES string of the molecule is CC/C=C\C/C=C\C/C=C\C/C=C\C/C=C\C/C=C\CCCCCCCCCCCCC(=O)OCC(COC(=O)CCCCCCC/C=C\C/C=C\CCC)OC(=O)CCCCCCC/C=C\C/C=C\CCCCCC. The van der Waals surface area contributed by atoms with Crippen LogP contribution in [0.25, 0.3) is 0 Å². The summed E-state index contributed by atoms with van der Waals surface area (Å²) < 4.78 is 16.9. The van der Waals surface area contributed by atoms with Crippen molar-refractivity contribution in [3.05, 3.63) is 122 Å². The molecule has 6 heteroatoms. The van der Waals surface area contributed by atoms with Crippen LogP contribution in [-0.2, 0) is 28.6 Å². The maximum atomic E-state index is 12.9. The van der Waals surface area contributed by atoms with Crippen LogP contribution in [0.5, 0.6) is 0 Å². The molecule has 0 saturated carbocycles. The molecule has 0 radical (unpaired) electrons. The van der Waals surface area contributed by atoms with Gasteiger partial charge in [0, 0.05) is 19.3 Å². The molecule has 1 atom stereocenters. The van der Waals surface area contributed by atoms with E-state index >= 15 is 0 Å². The molecule has 0 aromatic heterocycles. The summed E-state index contributed by atoms with van der Waals surface area (Å²) in [6.07, 6.45) is 87.7. The summed E-state index contributed by atoms with van der Waals surface area (Å²) in [5.74, 6) is -0.922. The van der Waals surface area contributed by atoms with Crippen LogP contribution in [0.3, 0.4) is 0 Å². The molecule has 0 aliphatic heterocycles. The molecular formula is C70H116O6. The number of carbonyl (C=O) groups excluding carboxylic acids is 3. The lowest BCUT2D eigenvalue weighted by Crippen LogP contribution is -2.30. The number of esters is 3. The van der Waals surface area contributed by atoms with Crippen LogP contribution in [0.2, 0.25) is 0 Å². The lowest BCUT2D eigenvalue weighted by atomic mass is 10.1. The average Bonchev–Trinajstić information content (AvgIpc) is 3.42. The number of carbonyl (C=O) groups is 3. The third kappa shape index (κ3) is 60.7. The number of hydrogen-bond donors (Lipinski definition) is 0. The zero-order valence-electron chi connectivity index (χ0n) is 49.5. The number of allylic oxidation sites excluding steroid dienone is 20. The van der Waals surface area contributed by atoms with Crippen molar-refractivity contribution in [2.24, 2.45) is 0 Å². The zero-order valence-corrected chi connectivity index (χ0v) is 49.5. The summed E-state index contributed by atoms with van der Waals surface area (Å²) in [5.41, 5.74) is 0. The third-order valence-corrected chi connectivity index (χ3v) is 13.2. The minimum atomic E-state index is -0.796. The maximum absolute atomic E-state index is 12.9. The first-order chi connectivity index (χ1) is 37.5. The maximum Gasteiger partial charge on any atom is 0.306 e. The average molecular weight is 1050 g/mol. The van der Waals surface area contributed by atoms with Crippen molar-refractivity contribution < 1.29 is 28.6 Å². The fourth-order valence-electron chi connectivity index (χ4n) is 8.46. The van der Waals surface area contributed by atoms with Gasteiger partial charge >= 0.3 is 17.9 Å². The van der Waals surface area contributed by atoms with E-state index in [0.29, 0.717) is 19.3 Å². The molecule has 0 aliphatic carbocycles. The Kier molecular flexibility index (Phi) is 59.9. The lowest BCUT2D eigenvalue weighted by Gasteiger charge is -2.18. The molecule has 0 rings (SSSR count). The fraction of sp³-hybridized carbons (Fsp3) is 0.671. The van der Waals surface area contributed by atoms with Crippen molar-refractivity contribution in [1.29, 1.82) is 0 Å². The summed E-state index contributed by atoms with van der Waals surface area (Å²) >= 11 is 0. The van der Waals surface area contributed by atoms with Crippen molar-refractivity contribution in [2.75, 3.05) is 13.2 Å². The third-order valence-electron chi connectivity index (χ3n) is 13.2. The van der Waals surface area contributed by atoms with Gasteiger partial charge in [-0.2, -0.15) is 0 Å². The molecule has 0 spiro atoms. The van der Waals surface area contributed by atoms with Crippen LogP contribution < -0.4 is 0 Å². The number of unbranched alkanes of at least 4 members (excludes halogenated alkanes) is 25. The first-order valence-electron chi connectivity index (χ1n) is 31.5. The Balaban J connectivity index is 4.31. The largest absolute Gasteiger partial charge is 0.462 e. The molecule has 0 aromatic carbocycles. The number of hydrogen-bond acceptors (Lipinski definition) is 6. The highest BCUT2D eigenvalue weighted by Gasteiger charge is 2.19. The summed E-state index contributed by atoms with van der Waals surface area (Å²) in [7, 11) is 0. The van der Waals surface area contributed by atoms with Gasteiger partial charge in [-0.25, -0.2) is 0 Å². The highest BCUT2D eigenvalue weighted by molar-refractivity contribution is 5.71. The second kappa shape index (κ2) is 63.3. The molecule has 0 fully saturated rings. The van der Waals surface area contributed by atoms with Gasteiger partial charge in [0.15, 0.2) is 6.10 Å². The monoisotopic (exact) mass is 1050 g/mol. The molecule has 0 bridgehead atoms. The first-order valence-corrected chi connectivity index (χ1v) is 31.5. The second-order valence-corrected chi connectivity index (χ2v) is 20.6. The predicted octanol–water partition coefficient (Wildman–Crippen LogP) is 21.6.